The molecular weight excluding hydrogens is 298 g/mol. The first-order chi connectivity index (χ1) is 10.5. The zero-order valence-electron chi connectivity index (χ0n) is 12.3. The summed E-state index contributed by atoms with van der Waals surface area (Å²) in [6, 6.07) is 8.24. The standard InChI is InChI=1S/C16H15N3O2S/c1-10-4-3-5-12(6-10)15-18-11(2)14(22-15)9-19-8-13(7-17-19)16(20)21/h3-8H,9H2,1-2H3,(H,20,21). The van der Waals surface area contributed by atoms with Crippen LogP contribution in [0.4, 0.5) is 0 Å². The number of carboxylic acids is 1. The molecule has 5 nitrogen and oxygen atoms in total. The second-order valence-corrected chi connectivity index (χ2v) is 6.21. The molecule has 0 aliphatic rings. The summed E-state index contributed by atoms with van der Waals surface area (Å²) in [5.41, 5.74) is 3.45. The van der Waals surface area contributed by atoms with E-state index in [9.17, 15) is 4.79 Å². The van der Waals surface area contributed by atoms with Crippen molar-refractivity contribution in [3.63, 3.8) is 0 Å². The van der Waals surface area contributed by atoms with Gasteiger partial charge in [-0.1, -0.05) is 23.8 Å². The fraction of sp³-hybridized carbons (Fsp3) is 0.188. The van der Waals surface area contributed by atoms with Crippen molar-refractivity contribution < 1.29 is 9.90 Å². The van der Waals surface area contributed by atoms with Gasteiger partial charge in [-0.15, -0.1) is 11.3 Å². The summed E-state index contributed by atoms with van der Waals surface area (Å²) < 4.78 is 1.63. The topological polar surface area (TPSA) is 68.0 Å². The molecule has 6 heteroatoms. The molecule has 0 saturated heterocycles. The van der Waals surface area contributed by atoms with Gasteiger partial charge in [-0.3, -0.25) is 4.68 Å². The predicted molar refractivity (Wildman–Crippen MR) is 85.3 cm³/mol. The molecule has 0 amide bonds. The maximum absolute atomic E-state index is 10.9. The number of carbonyl (C=O) groups is 1. The predicted octanol–water partition coefficient (Wildman–Crippen LogP) is 3.37. The van der Waals surface area contributed by atoms with E-state index in [1.165, 1.54) is 18.0 Å². The molecule has 3 rings (SSSR count). The number of aryl methyl sites for hydroxylation is 2. The van der Waals surface area contributed by atoms with E-state index in [-0.39, 0.29) is 5.56 Å². The molecule has 0 saturated carbocycles. The van der Waals surface area contributed by atoms with Crippen LogP contribution >= 0.6 is 11.3 Å². The van der Waals surface area contributed by atoms with Crippen LogP contribution in [0.1, 0.15) is 26.5 Å². The van der Waals surface area contributed by atoms with Crippen LogP contribution in [-0.4, -0.2) is 25.8 Å². The third-order valence-corrected chi connectivity index (χ3v) is 4.53. The summed E-state index contributed by atoms with van der Waals surface area (Å²) >= 11 is 1.61. The number of hydrogen-bond donors (Lipinski definition) is 1. The molecule has 1 aromatic carbocycles. The summed E-state index contributed by atoms with van der Waals surface area (Å²) in [6.45, 7) is 4.55. The Kier molecular flexibility index (Phi) is 3.77. The number of aromatic carboxylic acids is 1. The maximum Gasteiger partial charge on any atom is 0.338 e. The van der Waals surface area contributed by atoms with Crippen LogP contribution in [0.15, 0.2) is 36.7 Å². The van der Waals surface area contributed by atoms with Crippen molar-refractivity contribution in [3.05, 3.63) is 58.4 Å². The van der Waals surface area contributed by atoms with Gasteiger partial charge in [0, 0.05) is 16.6 Å². The van der Waals surface area contributed by atoms with Crippen LogP contribution in [0.2, 0.25) is 0 Å². The monoisotopic (exact) mass is 313 g/mol. The van der Waals surface area contributed by atoms with Crippen LogP contribution in [0, 0.1) is 13.8 Å². The highest BCUT2D eigenvalue weighted by Gasteiger charge is 2.12. The van der Waals surface area contributed by atoms with E-state index in [0.29, 0.717) is 6.54 Å². The average Bonchev–Trinajstić information content (AvgIpc) is 3.07. The van der Waals surface area contributed by atoms with Crippen LogP contribution in [0.3, 0.4) is 0 Å². The lowest BCUT2D eigenvalue weighted by molar-refractivity contribution is 0.0697. The molecule has 0 radical (unpaired) electrons. The lowest BCUT2D eigenvalue weighted by Crippen LogP contribution is -2.00. The molecule has 0 spiro atoms. The lowest BCUT2D eigenvalue weighted by Gasteiger charge is -1.98. The number of hydrogen-bond acceptors (Lipinski definition) is 4. The Morgan fingerprint density at radius 1 is 1.36 bits per heavy atom. The molecule has 0 aliphatic heterocycles. The zero-order chi connectivity index (χ0) is 15.7. The molecule has 112 valence electrons. The molecule has 1 N–H and O–H groups in total. The van der Waals surface area contributed by atoms with Crippen molar-refractivity contribution >= 4 is 17.3 Å². The third kappa shape index (κ3) is 2.92. The second-order valence-electron chi connectivity index (χ2n) is 5.13. The number of thiazole rings is 1. The van der Waals surface area contributed by atoms with E-state index in [1.54, 1.807) is 16.0 Å². The molecular formula is C16H15N3O2S. The van der Waals surface area contributed by atoms with Crippen LogP contribution in [-0.2, 0) is 6.54 Å². The Bertz CT molecular complexity index is 836. The van der Waals surface area contributed by atoms with Gasteiger partial charge in [-0.25, -0.2) is 9.78 Å². The van der Waals surface area contributed by atoms with Crippen LogP contribution < -0.4 is 0 Å². The normalized spacial score (nSPS) is 10.8. The maximum atomic E-state index is 10.9. The first-order valence-electron chi connectivity index (χ1n) is 6.82. The third-order valence-electron chi connectivity index (χ3n) is 3.34. The van der Waals surface area contributed by atoms with Gasteiger partial charge in [0.05, 0.1) is 24.0 Å². The molecule has 2 aromatic heterocycles. The molecule has 3 aromatic rings. The number of aromatic nitrogens is 3. The van der Waals surface area contributed by atoms with E-state index in [2.05, 4.69) is 29.1 Å². The van der Waals surface area contributed by atoms with Crippen molar-refractivity contribution in [2.45, 2.75) is 20.4 Å². The Labute approximate surface area is 131 Å². The van der Waals surface area contributed by atoms with E-state index in [4.69, 9.17) is 5.11 Å². The quantitative estimate of drug-likeness (QED) is 0.802. The highest BCUT2D eigenvalue weighted by atomic mass is 32.1. The first kappa shape index (κ1) is 14.5. The number of nitrogens with zero attached hydrogens (tertiary/aromatic N) is 3. The molecule has 0 bridgehead atoms. The number of carboxylic acid groups (broad SMARTS) is 1. The fourth-order valence-corrected chi connectivity index (χ4v) is 3.23. The van der Waals surface area contributed by atoms with Crippen molar-refractivity contribution in [2.75, 3.05) is 0 Å². The summed E-state index contributed by atoms with van der Waals surface area (Å²) in [7, 11) is 0. The van der Waals surface area contributed by atoms with Gasteiger partial charge in [0.2, 0.25) is 0 Å². The van der Waals surface area contributed by atoms with E-state index in [0.717, 1.165) is 21.1 Å². The highest BCUT2D eigenvalue weighted by molar-refractivity contribution is 7.15. The summed E-state index contributed by atoms with van der Waals surface area (Å²) in [5.74, 6) is -0.965. The smallest absolute Gasteiger partial charge is 0.338 e. The first-order valence-corrected chi connectivity index (χ1v) is 7.63. The van der Waals surface area contributed by atoms with Crippen LogP contribution in [0.5, 0.6) is 0 Å². The number of rotatable bonds is 4. The van der Waals surface area contributed by atoms with Gasteiger partial charge in [-0.05, 0) is 19.9 Å². The lowest BCUT2D eigenvalue weighted by atomic mass is 10.1. The minimum atomic E-state index is -0.965. The minimum absolute atomic E-state index is 0.195. The van der Waals surface area contributed by atoms with Crippen molar-refractivity contribution in [1.82, 2.24) is 14.8 Å². The molecule has 0 atom stereocenters. The van der Waals surface area contributed by atoms with Crippen LogP contribution in [0.25, 0.3) is 10.6 Å². The molecule has 0 unspecified atom stereocenters. The molecule has 0 fully saturated rings. The van der Waals surface area contributed by atoms with Gasteiger partial charge in [0.15, 0.2) is 0 Å². The summed E-state index contributed by atoms with van der Waals surface area (Å²) in [6.07, 6.45) is 2.90. The van der Waals surface area contributed by atoms with Crippen molar-refractivity contribution in [3.8, 4) is 10.6 Å². The van der Waals surface area contributed by atoms with Gasteiger partial charge >= 0.3 is 5.97 Å². The summed E-state index contributed by atoms with van der Waals surface area (Å²) in [4.78, 5) is 16.6. The SMILES string of the molecule is Cc1cccc(-c2nc(C)c(Cn3cc(C(=O)O)cn3)s2)c1. The van der Waals surface area contributed by atoms with E-state index in [1.807, 2.05) is 19.1 Å². The summed E-state index contributed by atoms with van der Waals surface area (Å²) in [5, 5.41) is 14.0. The highest BCUT2D eigenvalue weighted by Crippen LogP contribution is 2.28. The van der Waals surface area contributed by atoms with Gasteiger partial charge in [0.25, 0.3) is 0 Å². The fourth-order valence-electron chi connectivity index (χ4n) is 2.18. The molecule has 22 heavy (non-hydrogen) atoms. The molecule has 0 aliphatic carbocycles. The van der Waals surface area contributed by atoms with Gasteiger partial charge < -0.3 is 5.11 Å². The van der Waals surface area contributed by atoms with E-state index < -0.39 is 5.97 Å². The van der Waals surface area contributed by atoms with Gasteiger partial charge in [0.1, 0.15) is 5.01 Å². The van der Waals surface area contributed by atoms with Crippen molar-refractivity contribution in [1.29, 1.82) is 0 Å². The zero-order valence-corrected chi connectivity index (χ0v) is 13.1. The minimum Gasteiger partial charge on any atom is -0.478 e. The Morgan fingerprint density at radius 3 is 2.86 bits per heavy atom. The Morgan fingerprint density at radius 2 is 2.18 bits per heavy atom. The number of benzene rings is 1. The Balaban J connectivity index is 1.87. The van der Waals surface area contributed by atoms with Crippen molar-refractivity contribution in [2.24, 2.45) is 0 Å². The average molecular weight is 313 g/mol. The second kappa shape index (κ2) is 5.73. The van der Waals surface area contributed by atoms with Gasteiger partial charge in [-0.2, -0.15) is 5.10 Å². The largest absolute Gasteiger partial charge is 0.478 e. The Hall–Kier alpha value is -2.47. The molecule has 2 heterocycles. The van der Waals surface area contributed by atoms with E-state index >= 15 is 0 Å².